The van der Waals surface area contributed by atoms with Crippen LogP contribution in [0.5, 0.6) is 0 Å². The highest BCUT2D eigenvalue weighted by molar-refractivity contribution is 5.05. The number of aromatic nitrogens is 2. The van der Waals surface area contributed by atoms with Gasteiger partial charge in [-0.25, -0.2) is 0 Å². The molecule has 0 aromatic carbocycles. The number of rotatable bonds is 7. The topological polar surface area (TPSA) is 38.1 Å². The van der Waals surface area contributed by atoms with E-state index in [9.17, 15) is 0 Å². The summed E-state index contributed by atoms with van der Waals surface area (Å²) in [4.78, 5) is 11.3. The van der Waals surface area contributed by atoms with Crippen molar-refractivity contribution < 1.29 is 0 Å². The molecule has 0 saturated heterocycles. The van der Waals surface area contributed by atoms with Crippen molar-refractivity contribution in [1.29, 1.82) is 0 Å². The molecule has 2 N–H and O–H groups in total. The minimum absolute atomic E-state index is 0.485. The molecule has 20 heavy (non-hydrogen) atoms. The van der Waals surface area contributed by atoms with E-state index < -0.39 is 0 Å². The van der Waals surface area contributed by atoms with Crippen LogP contribution in [0.2, 0.25) is 0 Å². The van der Waals surface area contributed by atoms with Crippen molar-refractivity contribution in [3.05, 3.63) is 48.0 Å². The summed E-state index contributed by atoms with van der Waals surface area (Å²) in [7, 11) is 4.37. The van der Waals surface area contributed by atoms with Crippen LogP contribution in [0.1, 0.15) is 25.2 Å². The van der Waals surface area contributed by atoms with Crippen molar-refractivity contribution in [1.82, 2.24) is 19.8 Å². The van der Waals surface area contributed by atoms with Gasteiger partial charge in [0.1, 0.15) is 0 Å². The Labute approximate surface area is 121 Å². The Morgan fingerprint density at radius 1 is 0.850 bits per heavy atom. The summed E-state index contributed by atoms with van der Waals surface area (Å²) in [6.45, 7) is 6.49. The van der Waals surface area contributed by atoms with E-state index in [2.05, 4.69) is 72.0 Å². The Morgan fingerprint density at radius 3 is 1.55 bits per heavy atom. The molecule has 0 bridgehead atoms. The lowest BCUT2D eigenvalue weighted by Gasteiger charge is -2.35. The summed E-state index contributed by atoms with van der Waals surface area (Å²) in [6.07, 6.45) is 3.96. The van der Waals surface area contributed by atoms with Crippen LogP contribution in [0.15, 0.2) is 36.7 Å². The first-order valence-corrected chi connectivity index (χ1v) is 7.23. The van der Waals surface area contributed by atoms with E-state index in [1.54, 1.807) is 0 Å². The molecule has 0 amide bonds. The van der Waals surface area contributed by atoms with E-state index in [-0.39, 0.29) is 0 Å². The van der Waals surface area contributed by atoms with E-state index in [0.29, 0.717) is 12.1 Å². The molecule has 0 saturated carbocycles. The summed E-state index contributed by atoms with van der Waals surface area (Å²) in [5.74, 6) is 0. The van der Waals surface area contributed by atoms with Crippen molar-refractivity contribution in [2.45, 2.75) is 39.0 Å². The quantitative estimate of drug-likeness (QED) is 0.814. The van der Waals surface area contributed by atoms with Crippen LogP contribution >= 0.6 is 0 Å². The second-order valence-corrected chi connectivity index (χ2v) is 5.70. The summed E-state index contributed by atoms with van der Waals surface area (Å²) < 4.78 is 0. The van der Waals surface area contributed by atoms with E-state index in [1.807, 2.05) is 12.4 Å². The molecule has 4 nitrogen and oxygen atoms in total. The molecule has 2 aromatic heterocycles. The predicted octanol–water partition coefficient (Wildman–Crippen LogP) is 2.68. The van der Waals surface area contributed by atoms with Gasteiger partial charge in [0.25, 0.3) is 0 Å². The van der Waals surface area contributed by atoms with Crippen LogP contribution in [-0.4, -0.2) is 45.9 Å². The molecule has 2 heterocycles. The predicted molar refractivity (Wildman–Crippen MR) is 83.4 cm³/mol. The van der Waals surface area contributed by atoms with E-state index in [4.69, 9.17) is 0 Å². The van der Waals surface area contributed by atoms with Crippen molar-refractivity contribution in [3.8, 4) is 0 Å². The number of aromatic amines is 2. The second kappa shape index (κ2) is 6.77. The maximum absolute atomic E-state index is 3.27. The van der Waals surface area contributed by atoms with Gasteiger partial charge in [0.2, 0.25) is 0 Å². The lowest BCUT2D eigenvalue weighted by atomic mass is 10.1. The lowest BCUT2D eigenvalue weighted by molar-refractivity contribution is 0.123. The standard InChI is InChI=1S/C16H26N4/c1-13(19(3)11-15-7-5-9-17-15)14(2)20(4)12-16-8-6-10-18-16/h5-10,13-14,17-18H,11-12H2,1-4H3. The summed E-state index contributed by atoms with van der Waals surface area (Å²) in [6, 6.07) is 9.34. The zero-order chi connectivity index (χ0) is 14.5. The number of nitrogens with one attached hydrogen (secondary N) is 2. The molecule has 0 aliphatic carbocycles. The minimum Gasteiger partial charge on any atom is -0.364 e. The van der Waals surface area contributed by atoms with E-state index in [1.165, 1.54) is 11.4 Å². The number of H-pyrrole nitrogens is 2. The molecule has 0 radical (unpaired) electrons. The highest BCUT2D eigenvalue weighted by atomic mass is 15.2. The molecule has 2 unspecified atom stereocenters. The van der Waals surface area contributed by atoms with Gasteiger partial charge in [0.05, 0.1) is 0 Å². The van der Waals surface area contributed by atoms with Crippen LogP contribution in [-0.2, 0) is 13.1 Å². The van der Waals surface area contributed by atoms with Gasteiger partial charge < -0.3 is 9.97 Å². The highest BCUT2D eigenvalue weighted by Gasteiger charge is 2.21. The van der Waals surface area contributed by atoms with Crippen molar-refractivity contribution in [2.75, 3.05) is 14.1 Å². The van der Waals surface area contributed by atoms with Crippen LogP contribution in [0, 0.1) is 0 Å². The average Bonchev–Trinajstić information content (AvgIpc) is 3.10. The lowest BCUT2D eigenvalue weighted by Crippen LogP contribution is -2.45. The van der Waals surface area contributed by atoms with Crippen LogP contribution in [0.25, 0.3) is 0 Å². The number of hydrogen-bond acceptors (Lipinski definition) is 2. The Bertz CT molecular complexity index is 428. The molecule has 4 heteroatoms. The third-order valence-corrected chi connectivity index (χ3v) is 4.25. The largest absolute Gasteiger partial charge is 0.364 e. The molecular weight excluding hydrogens is 248 g/mol. The maximum atomic E-state index is 3.27. The smallest absolute Gasteiger partial charge is 0.0385 e. The molecule has 2 atom stereocenters. The zero-order valence-electron chi connectivity index (χ0n) is 12.9. The monoisotopic (exact) mass is 274 g/mol. The SMILES string of the molecule is CC(C(C)N(C)Cc1ccc[nH]1)N(C)Cc1ccc[nH]1. The molecule has 2 rings (SSSR count). The number of nitrogens with zero attached hydrogens (tertiary/aromatic N) is 2. The first-order valence-electron chi connectivity index (χ1n) is 7.23. The first kappa shape index (κ1) is 14.9. The van der Waals surface area contributed by atoms with Crippen LogP contribution < -0.4 is 0 Å². The minimum atomic E-state index is 0.485. The van der Waals surface area contributed by atoms with Gasteiger partial charge in [0, 0.05) is 49.0 Å². The normalized spacial score (nSPS) is 14.9. The number of hydrogen-bond donors (Lipinski definition) is 2. The van der Waals surface area contributed by atoms with E-state index >= 15 is 0 Å². The first-order chi connectivity index (χ1) is 9.58. The zero-order valence-corrected chi connectivity index (χ0v) is 12.9. The Morgan fingerprint density at radius 2 is 1.25 bits per heavy atom. The molecule has 0 spiro atoms. The molecule has 110 valence electrons. The Kier molecular flexibility index (Phi) is 5.04. The van der Waals surface area contributed by atoms with Gasteiger partial charge in [-0.1, -0.05) is 0 Å². The maximum Gasteiger partial charge on any atom is 0.0385 e. The molecular formula is C16H26N4. The highest BCUT2D eigenvalue weighted by Crippen LogP contribution is 2.13. The van der Waals surface area contributed by atoms with Gasteiger partial charge in [-0.2, -0.15) is 0 Å². The third kappa shape index (κ3) is 3.74. The summed E-state index contributed by atoms with van der Waals surface area (Å²) in [5, 5.41) is 0. The fourth-order valence-electron chi connectivity index (χ4n) is 2.49. The molecule has 2 aromatic rings. The van der Waals surface area contributed by atoms with Crippen molar-refractivity contribution in [2.24, 2.45) is 0 Å². The van der Waals surface area contributed by atoms with Gasteiger partial charge in [-0.15, -0.1) is 0 Å². The summed E-state index contributed by atoms with van der Waals surface area (Å²) in [5.41, 5.74) is 2.53. The van der Waals surface area contributed by atoms with E-state index in [0.717, 1.165) is 13.1 Å². The Hall–Kier alpha value is -1.52. The van der Waals surface area contributed by atoms with Crippen molar-refractivity contribution >= 4 is 0 Å². The van der Waals surface area contributed by atoms with Gasteiger partial charge in [-0.05, 0) is 52.2 Å². The fraction of sp³-hybridized carbons (Fsp3) is 0.500. The Balaban J connectivity index is 1.88. The van der Waals surface area contributed by atoms with Crippen LogP contribution in [0.4, 0.5) is 0 Å². The molecule has 0 aliphatic heterocycles. The fourth-order valence-corrected chi connectivity index (χ4v) is 2.49. The van der Waals surface area contributed by atoms with Crippen molar-refractivity contribution in [3.63, 3.8) is 0 Å². The average molecular weight is 274 g/mol. The molecule has 0 fully saturated rings. The van der Waals surface area contributed by atoms with Crippen LogP contribution in [0.3, 0.4) is 0 Å². The van der Waals surface area contributed by atoms with Gasteiger partial charge >= 0.3 is 0 Å². The van der Waals surface area contributed by atoms with Gasteiger partial charge in [-0.3, -0.25) is 9.80 Å². The third-order valence-electron chi connectivity index (χ3n) is 4.25. The second-order valence-electron chi connectivity index (χ2n) is 5.70. The summed E-state index contributed by atoms with van der Waals surface area (Å²) >= 11 is 0. The van der Waals surface area contributed by atoms with Gasteiger partial charge in [0.15, 0.2) is 0 Å². The number of likely N-dealkylation sites (N-methyl/N-ethyl adjacent to an activating group) is 2. The molecule has 0 aliphatic rings.